The summed E-state index contributed by atoms with van der Waals surface area (Å²) >= 11 is 0. The second-order valence-electron chi connectivity index (χ2n) is 9.06. The lowest BCUT2D eigenvalue weighted by atomic mass is 10.0. The summed E-state index contributed by atoms with van der Waals surface area (Å²) in [6, 6.07) is 7.79. The van der Waals surface area contributed by atoms with Gasteiger partial charge < -0.3 is 24.7 Å². The van der Waals surface area contributed by atoms with Crippen LogP contribution in [0.4, 0.5) is 0 Å². The Hall–Kier alpha value is -3.30. The van der Waals surface area contributed by atoms with E-state index < -0.39 is 18.6 Å². The third kappa shape index (κ3) is 7.10. The fourth-order valence-electron chi connectivity index (χ4n) is 3.81. The van der Waals surface area contributed by atoms with Gasteiger partial charge in [-0.05, 0) is 68.0 Å². The molecule has 1 atom stereocenters. The molecule has 2 aromatic heterocycles. The summed E-state index contributed by atoms with van der Waals surface area (Å²) in [7, 11) is 0. The number of aliphatic hydroxyl groups is 2. The van der Waals surface area contributed by atoms with Gasteiger partial charge in [0.1, 0.15) is 25.1 Å². The lowest BCUT2D eigenvalue weighted by Crippen LogP contribution is -2.36. The Morgan fingerprint density at radius 3 is 2.43 bits per heavy atom. The van der Waals surface area contributed by atoms with E-state index in [1.54, 1.807) is 0 Å². The van der Waals surface area contributed by atoms with Crippen molar-refractivity contribution in [1.29, 1.82) is 0 Å². The quantitative estimate of drug-likeness (QED) is 0.380. The lowest BCUT2D eigenvalue weighted by molar-refractivity contribution is -0.124. The number of aliphatic hydroxyl groups excluding tert-OH is 2. The van der Waals surface area contributed by atoms with E-state index in [1.807, 2.05) is 45.0 Å². The smallest absolute Gasteiger partial charge is 0.248 e. The van der Waals surface area contributed by atoms with Crippen LogP contribution in [0.3, 0.4) is 0 Å². The number of aromatic nitrogens is 3. The monoisotopic (exact) mass is 482 g/mol. The minimum Gasteiger partial charge on any atom is -0.490 e. The van der Waals surface area contributed by atoms with Crippen LogP contribution in [0.15, 0.2) is 28.7 Å². The lowest BCUT2D eigenvalue weighted by Gasteiger charge is -2.17. The molecule has 9 heteroatoms. The van der Waals surface area contributed by atoms with Crippen LogP contribution in [0.5, 0.6) is 5.75 Å². The highest BCUT2D eigenvalue weighted by molar-refractivity contribution is 5.76. The molecule has 0 aliphatic carbocycles. The number of benzene rings is 1. The van der Waals surface area contributed by atoms with Crippen molar-refractivity contribution in [2.75, 3.05) is 19.8 Å². The average molecular weight is 483 g/mol. The van der Waals surface area contributed by atoms with E-state index in [2.05, 4.69) is 34.3 Å². The molecule has 9 nitrogen and oxygen atoms in total. The van der Waals surface area contributed by atoms with Crippen LogP contribution in [0.1, 0.15) is 43.3 Å². The van der Waals surface area contributed by atoms with Crippen LogP contribution < -0.4 is 10.1 Å². The molecule has 2 heterocycles. The number of amides is 1. The number of rotatable bonds is 11. The van der Waals surface area contributed by atoms with Gasteiger partial charge in [0.15, 0.2) is 0 Å². The van der Waals surface area contributed by atoms with Gasteiger partial charge in [0.05, 0.1) is 0 Å². The van der Waals surface area contributed by atoms with Crippen molar-refractivity contribution in [2.45, 2.75) is 53.6 Å². The molecule has 0 fully saturated rings. The predicted octanol–water partition coefficient (Wildman–Crippen LogP) is 3.02. The normalized spacial score (nSPS) is 12.1. The van der Waals surface area contributed by atoms with Crippen molar-refractivity contribution in [3.05, 3.63) is 46.8 Å². The van der Waals surface area contributed by atoms with Gasteiger partial charge in [-0.2, -0.15) is 0 Å². The highest BCUT2D eigenvalue weighted by atomic mass is 16.5. The first kappa shape index (κ1) is 26.3. The van der Waals surface area contributed by atoms with Gasteiger partial charge in [-0.1, -0.05) is 20.8 Å². The highest BCUT2D eigenvalue weighted by Crippen LogP contribution is 2.32. The maximum atomic E-state index is 11.1. The third-order valence-corrected chi connectivity index (χ3v) is 5.37. The predicted molar refractivity (Wildman–Crippen MR) is 132 cm³/mol. The molecule has 0 spiro atoms. The Balaban J connectivity index is 1.79. The summed E-state index contributed by atoms with van der Waals surface area (Å²) in [5.41, 5.74) is 5.34. The Bertz CT molecular complexity index is 1160. The molecule has 0 bridgehead atoms. The first-order chi connectivity index (χ1) is 16.7. The molecule has 0 aliphatic rings. The molecule has 35 heavy (non-hydrogen) atoms. The zero-order chi connectivity index (χ0) is 25.5. The summed E-state index contributed by atoms with van der Waals surface area (Å²) in [4.78, 5) is 15.8. The zero-order valence-electron chi connectivity index (χ0n) is 21.0. The minimum atomic E-state index is -0.905. The Morgan fingerprint density at radius 2 is 1.80 bits per heavy atom. The number of nitrogens with zero attached hydrogens (tertiary/aromatic N) is 3. The van der Waals surface area contributed by atoms with E-state index in [-0.39, 0.29) is 13.2 Å². The van der Waals surface area contributed by atoms with Crippen molar-refractivity contribution < 1.29 is 24.2 Å². The topological polar surface area (TPSA) is 131 Å². The van der Waals surface area contributed by atoms with E-state index >= 15 is 0 Å². The molecule has 1 aromatic carbocycles. The van der Waals surface area contributed by atoms with E-state index in [0.29, 0.717) is 29.9 Å². The number of hydrogen-bond donors (Lipinski definition) is 3. The Morgan fingerprint density at radius 1 is 1.11 bits per heavy atom. The Kier molecular flexibility index (Phi) is 8.95. The number of aryl methyl sites for hydroxylation is 3. The summed E-state index contributed by atoms with van der Waals surface area (Å²) in [5, 5.41) is 29.8. The van der Waals surface area contributed by atoms with E-state index in [9.17, 15) is 9.90 Å². The standard InChI is InChI=1S/C26H34N4O5/c1-6-18-10-19(8-16(4)24(18)34-14-22(32)12-27-23(33)13-31)25-29-30-26(35-25)20-9-17(5)28-21(11-20)7-15(2)3/h8-11,15,22,31-32H,6-7,12-14H2,1-5H3,(H,27,33). The molecular formula is C26H34N4O5. The molecule has 3 rings (SSSR count). The largest absolute Gasteiger partial charge is 0.490 e. The van der Waals surface area contributed by atoms with Crippen molar-refractivity contribution in [3.8, 4) is 28.7 Å². The number of ether oxygens (including phenoxy) is 1. The SMILES string of the molecule is CCc1cc(-c2nnc(-c3cc(C)nc(CC(C)C)c3)o2)cc(C)c1OCC(O)CNC(=O)CO. The maximum absolute atomic E-state index is 11.1. The minimum absolute atomic E-state index is 0.00368. The number of nitrogens with one attached hydrogen (secondary N) is 1. The van der Waals surface area contributed by atoms with Gasteiger partial charge >= 0.3 is 0 Å². The van der Waals surface area contributed by atoms with Crippen molar-refractivity contribution in [2.24, 2.45) is 5.92 Å². The van der Waals surface area contributed by atoms with Crippen LogP contribution in [-0.4, -0.2) is 57.2 Å². The molecule has 0 aliphatic heterocycles. The summed E-state index contributed by atoms with van der Waals surface area (Å²) in [6.45, 7) is 9.58. The molecule has 188 valence electrons. The number of pyridine rings is 1. The molecule has 1 unspecified atom stereocenters. The number of carbonyl (C=O) groups is 1. The first-order valence-corrected chi connectivity index (χ1v) is 11.8. The molecule has 1 amide bonds. The van der Waals surface area contributed by atoms with Gasteiger partial charge in [-0.15, -0.1) is 10.2 Å². The molecule has 3 aromatic rings. The van der Waals surface area contributed by atoms with Crippen molar-refractivity contribution in [3.63, 3.8) is 0 Å². The van der Waals surface area contributed by atoms with Gasteiger partial charge in [-0.25, -0.2) is 0 Å². The summed E-state index contributed by atoms with van der Waals surface area (Å²) in [6.07, 6.45) is 0.667. The molecule has 3 N–H and O–H groups in total. The van der Waals surface area contributed by atoms with Crippen molar-refractivity contribution >= 4 is 5.91 Å². The fourth-order valence-corrected chi connectivity index (χ4v) is 3.81. The second-order valence-corrected chi connectivity index (χ2v) is 9.06. The van der Waals surface area contributed by atoms with Crippen LogP contribution in [0.2, 0.25) is 0 Å². The molecular weight excluding hydrogens is 448 g/mol. The van der Waals surface area contributed by atoms with Crippen LogP contribution in [0.25, 0.3) is 22.9 Å². The van der Waals surface area contributed by atoms with E-state index in [4.69, 9.17) is 14.3 Å². The number of carbonyl (C=O) groups excluding carboxylic acids is 1. The van der Waals surface area contributed by atoms with Gasteiger partial charge in [0, 0.05) is 29.1 Å². The zero-order valence-corrected chi connectivity index (χ0v) is 21.0. The molecule has 0 radical (unpaired) electrons. The third-order valence-electron chi connectivity index (χ3n) is 5.37. The van der Waals surface area contributed by atoms with Gasteiger partial charge in [0.2, 0.25) is 17.7 Å². The van der Waals surface area contributed by atoms with Gasteiger partial charge in [0.25, 0.3) is 0 Å². The number of hydrogen-bond acceptors (Lipinski definition) is 8. The Labute approximate surface area is 205 Å². The van der Waals surface area contributed by atoms with Crippen molar-refractivity contribution in [1.82, 2.24) is 20.5 Å². The van der Waals surface area contributed by atoms with Crippen LogP contribution in [0, 0.1) is 19.8 Å². The maximum Gasteiger partial charge on any atom is 0.248 e. The average Bonchev–Trinajstić information content (AvgIpc) is 3.31. The van der Waals surface area contributed by atoms with E-state index in [0.717, 1.165) is 40.1 Å². The summed E-state index contributed by atoms with van der Waals surface area (Å²) in [5.74, 6) is 1.48. The van der Waals surface area contributed by atoms with E-state index in [1.165, 1.54) is 0 Å². The van der Waals surface area contributed by atoms with Crippen LogP contribution >= 0.6 is 0 Å². The molecule has 0 saturated carbocycles. The first-order valence-electron chi connectivity index (χ1n) is 11.8. The van der Waals surface area contributed by atoms with Crippen LogP contribution in [-0.2, 0) is 17.6 Å². The highest BCUT2D eigenvalue weighted by Gasteiger charge is 2.17. The molecule has 0 saturated heterocycles. The second kappa shape index (κ2) is 11.9. The fraction of sp³-hybridized carbons (Fsp3) is 0.462. The van der Waals surface area contributed by atoms with Gasteiger partial charge in [-0.3, -0.25) is 9.78 Å². The summed E-state index contributed by atoms with van der Waals surface area (Å²) < 4.78 is 11.9.